The minimum atomic E-state index is -3.82. The molecule has 0 aliphatic rings. The molecule has 0 N–H and O–H groups in total. The van der Waals surface area contributed by atoms with Gasteiger partial charge in [0.2, 0.25) is 0 Å². The third kappa shape index (κ3) is 3.37. The molecule has 6 nitrogen and oxygen atoms in total. The lowest BCUT2D eigenvalue weighted by Gasteiger charge is -2.22. The molecule has 0 aromatic heterocycles. The van der Waals surface area contributed by atoms with Crippen LogP contribution in [0.2, 0.25) is 5.02 Å². The Morgan fingerprint density at radius 2 is 1.58 bits per heavy atom. The lowest BCUT2D eigenvalue weighted by molar-refractivity contribution is 0.395. The number of methoxy groups -OCH3 is 3. The van der Waals surface area contributed by atoms with Gasteiger partial charge in [-0.05, 0) is 30.3 Å². The van der Waals surface area contributed by atoms with E-state index in [4.69, 9.17) is 25.8 Å². The Labute approximate surface area is 146 Å². The van der Waals surface area contributed by atoms with Gasteiger partial charge in [0.05, 0.1) is 36.9 Å². The van der Waals surface area contributed by atoms with Crippen LogP contribution in [0.4, 0.5) is 5.69 Å². The largest absolute Gasteiger partial charge is 0.497 e. The average Bonchev–Trinajstić information content (AvgIpc) is 2.60. The average molecular weight is 372 g/mol. The first-order chi connectivity index (χ1) is 11.3. The maximum absolute atomic E-state index is 12.8. The molecule has 0 saturated carbocycles. The van der Waals surface area contributed by atoms with Crippen LogP contribution in [-0.2, 0) is 10.0 Å². The molecule has 0 unspecified atom stereocenters. The van der Waals surface area contributed by atoms with E-state index < -0.39 is 10.0 Å². The Bertz CT molecular complexity index is 838. The molecule has 0 heterocycles. The highest BCUT2D eigenvalue weighted by atomic mass is 35.5. The fourth-order valence-electron chi connectivity index (χ4n) is 2.14. The number of halogens is 1. The zero-order valence-corrected chi connectivity index (χ0v) is 15.3. The SMILES string of the molecule is COc1ccc(N(C)S(=O)(=O)c2ccc(OC)c(Cl)c2)c(OC)c1. The van der Waals surface area contributed by atoms with Gasteiger partial charge in [-0.3, -0.25) is 4.31 Å². The van der Waals surface area contributed by atoms with E-state index in [0.29, 0.717) is 22.9 Å². The number of nitrogens with zero attached hydrogens (tertiary/aromatic N) is 1. The van der Waals surface area contributed by atoms with Gasteiger partial charge in [-0.1, -0.05) is 11.6 Å². The van der Waals surface area contributed by atoms with E-state index in [-0.39, 0.29) is 9.92 Å². The Morgan fingerprint density at radius 3 is 2.12 bits per heavy atom. The van der Waals surface area contributed by atoms with Crippen LogP contribution < -0.4 is 18.5 Å². The number of hydrogen-bond acceptors (Lipinski definition) is 5. The van der Waals surface area contributed by atoms with E-state index in [1.54, 1.807) is 18.2 Å². The second-order valence-corrected chi connectivity index (χ2v) is 7.18. The predicted molar refractivity (Wildman–Crippen MR) is 93.1 cm³/mol. The lowest BCUT2D eigenvalue weighted by Crippen LogP contribution is -2.27. The van der Waals surface area contributed by atoms with Crippen LogP contribution in [0.15, 0.2) is 41.3 Å². The first-order valence-electron chi connectivity index (χ1n) is 6.89. The topological polar surface area (TPSA) is 65.1 Å². The van der Waals surface area contributed by atoms with Gasteiger partial charge in [-0.25, -0.2) is 8.42 Å². The van der Waals surface area contributed by atoms with Crippen molar-refractivity contribution in [3.8, 4) is 17.2 Å². The second kappa shape index (κ2) is 7.19. The Kier molecular flexibility index (Phi) is 5.46. The fraction of sp³-hybridized carbons (Fsp3) is 0.250. The Morgan fingerprint density at radius 1 is 0.917 bits per heavy atom. The van der Waals surface area contributed by atoms with Crippen molar-refractivity contribution in [2.75, 3.05) is 32.7 Å². The number of sulfonamides is 1. The number of hydrogen-bond donors (Lipinski definition) is 0. The summed E-state index contributed by atoms with van der Waals surface area (Å²) in [5.41, 5.74) is 0.380. The molecule has 0 fully saturated rings. The minimum Gasteiger partial charge on any atom is -0.497 e. The summed E-state index contributed by atoms with van der Waals surface area (Å²) in [5.74, 6) is 1.34. The highest BCUT2D eigenvalue weighted by Crippen LogP contribution is 2.35. The highest BCUT2D eigenvalue weighted by Gasteiger charge is 2.25. The van der Waals surface area contributed by atoms with E-state index in [0.717, 1.165) is 4.31 Å². The van der Waals surface area contributed by atoms with Gasteiger partial charge >= 0.3 is 0 Å². The molecule has 0 aliphatic heterocycles. The van der Waals surface area contributed by atoms with Crippen molar-refractivity contribution in [2.24, 2.45) is 0 Å². The molecule has 0 atom stereocenters. The van der Waals surface area contributed by atoms with Gasteiger partial charge in [0.15, 0.2) is 0 Å². The molecule has 2 aromatic rings. The van der Waals surface area contributed by atoms with Gasteiger partial charge < -0.3 is 14.2 Å². The molecular weight excluding hydrogens is 354 g/mol. The third-order valence-corrected chi connectivity index (χ3v) is 5.57. The summed E-state index contributed by atoms with van der Waals surface area (Å²) in [6.07, 6.45) is 0. The van der Waals surface area contributed by atoms with Crippen molar-refractivity contribution in [3.05, 3.63) is 41.4 Å². The van der Waals surface area contributed by atoms with Crippen LogP contribution >= 0.6 is 11.6 Å². The van der Waals surface area contributed by atoms with E-state index >= 15 is 0 Å². The maximum atomic E-state index is 12.8. The van der Waals surface area contributed by atoms with Gasteiger partial charge in [0.1, 0.15) is 17.2 Å². The Hall–Kier alpha value is -2.12. The van der Waals surface area contributed by atoms with Crippen LogP contribution in [0.3, 0.4) is 0 Å². The summed E-state index contributed by atoms with van der Waals surface area (Å²) in [7, 11) is 2.07. The zero-order valence-electron chi connectivity index (χ0n) is 13.7. The van der Waals surface area contributed by atoms with Crippen molar-refractivity contribution in [1.29, 1.82) is 0 Å². The summed E-state index contributed by atoms with van der Waals surface area (Å²) < 4.78 is 42.3. The molecule has 0 bridgehead atoms. The molecule has 2 aromatic carbocycles. The Balaban J connectivity index is 2.48. The predicted octanol–water partition coefficient (Wildman–Crippen LogP) is 3.19. The van der Waals surface area contributed by atoms with Crippen molar-refractivity contribution in [1.82, 2.24) is 0 Å². The van der Waals surface area contributed by atoms with Crippen molar-refractivity contribution in [3.63, 3.8) is 0 Å². The highest BCUT2D eigenvalue weighted by molar-refractivity contribution is 7.92. The molecule has 0 amide bonds. The summed E-state index contributed by atoms with van der Waals surface area (Å²) in [4.78, 5) is 0.0497. The minimum absolute atomic E-state index is 0.0497. The number of rotatable bonds is 6. The first kappa shape index (κ1) is 18.2. The summed E-state index contributed by atoms with van der Waals surface area (Å²) in [6.45, 7) is 0. The summed E-state index contributed by atoms with van der Waals surface area (Å²) in [5, 5.41) is 0.216. The number of anilines is 1. The van der Waals surface area contributed by atoms with Gasteiger partial charge in [0.25, 0.3) is 10.0 Å². The monoisotopic (exact) mass is 371 g/mol. The normalized spacial score (nSPS) is 11.0. The second-order valence-electron chi connectivity index (χ2n) is 4.81. The molecule has 2 rings (SSSR count). The first-order valence-corrected chi connectivity index (χ1v) is 8.71. The molecule has 0 spiro atoms. The molecule has 130 valence electrons. The van der Waals surface area contributed by atoms with E-state index in [1.165, 1.54) is 46.6 Å². The maximum Gasteiger partial charge on any atom is 0.264 e. The molecular formula is C16H18ClNO5S. The summed E-state index contributed by atoms with van der Waals surface area (Å²) >= 11 is 6.04. The zero-order chi connectivity index (χ0) is 17.9. The lowest BCUT2D eigenvalue weighted by atomic mass is 10.3. The molecule has 8 heteroatoms. The van der Waals surface area contributed by atoms with Crippen LogP contribution in [0.25, 0.3) is 0 Å². The van der Waals surface area contributed by atoms with Crippen molar-refractivity contribution in [2.45, 2.75) is 4.90 Å². The molecule has 24 heavy (non-hydrogen) atoms. The quantitative estimate of drug-likeness (QED) is 0.780. The number of benzene rings is 2. The molecule has 0 saturated heterocycles. The summed E-state index contributed by atoms with van der Waals surface area (Å²) in [6, 6.07) is 9.18. The number of ether oxygens (including phenoxy) is 3. The third-order valence-electron chi connectivity index (χ3n) is 3.51. The fourth-order valence-corrected chi connectivity index (χ4v) is 3.70. The van der Waals surface area contributed by atoms with Crippen LogP contribution in [0.1, 0.15) is 0 Å². The van der Waals surface area contributed by atoms with Crippen LogP contribution in [-0.4, -0.2) is 36.8 Å². The smallest absolute Gasteiger partial charge is 0.264 e. The molecule has 0 aliphatic carbocycles. The van der Waals surface area contributed by atoms with Gasteiger partial charge in [0, 0.05) is 13.1 Å². The van der Waals surface area contributed by atoms with Crippen LogP contribution in [0, 0.1) is 0 Å². The van der Waals surface area contributed by atoms with Gasteiger partial charge in [-0.2, -0.15) is 0 Å². The van der Waals surface area contributed by atoms with Crippen molar-refractivity contribution >= 4 is 27.3 Å². The van der Waals surface area contributed by atoms with E-state index in [9.17, 15) is 8.42 Å². The van der Waals surface area contributed by atoms with E-state index in [2.05, 4.69) is 0 Å². The standard InChI is InChI=1S/C16H18ClNO5S/c1-18(14-7-5-11(21-2)9-16(14)23-4)24(19,20)12-6-8-15(22-3)13(17)10-12/h5-10H,1-4H3. The van der Waals surface area contributed by atoms with E-state index in [1.807, 2.05) is 0 Å². The molecule has 0 radical (unpaired) electrons. The van der Waals surface area contributed by atoms with Crippen LogP contribution in [0.5, 0.6) is 17.2 Å². The van der Waals surface area contributed by atoms with Crippen molar-refractivity contribution < 1.29 is 22.6 Å². The van der Waals surface area contributed by atoms with Gasteiger partial charge in [-0.15, -0.1) is 0 Å².